The van der Waals surface area contributed by atoms with E-state index in [2.05, 4.69) is 4.52 Å². The largest absolute Gasteiger partial charge is 0.552 e. The Morgan fingerprint density at radius 1 is 1.50 bits per heavy atom. The van der Waals surface area contributed by atoms with Gasteiger partial charge in [-0.05, 0) is 5.92 Å². The second-order valence-corrected chi connectivity index (χ2v) is 4.02. The molecule has 1 fully saturated rings. The summed E-state index contributed by atoms with van der Waals surface area (Å²) in [5, 5.41) is 0. The molecule has 1 saturated carbocycles. The molecular weight excluding hydrogens is 189 g/mol. The van der Waals surface area contributed by atoms with Gasteiger partial charge in [0.2, 0.25) is 0 Å². The molecule has 2 unspecified atom stereocenters. The van der Waals surface area contributed by atoms with Gasteiger partial charge in [-0.2, -0.15) is 0 Å². The summed E-state index contributed by atoms with van der Waals surface area (Å²) in [6, 6.07) is 0. The Morgan fingerprint density at radius 2 is 2.08 bits per heavy atom. The lowest BCUT2D eigenvalue weighted by Crippen LogP contribution is -2.12. The SMILES string of the molecule is CC1CC(=O)CC1OP(=O)(F)F. The molecule has 0 saturated heterocycles. The van der Waals surface area contributed by atoms with Crippen molar-refractivity contribution in [2.75, 3.05) is 0 Å². The number of carbonyl (C=O) groups is 1. The van der Waals surface area contributed by atoms with E-state index in [9.17, 15) is 17.8 Å². The van der Waals surface area contributed by atoms with Crippen LogP contribution < -0.4 is 0 Å². The first-order valence-electron chi connectivity index (χ1n) is 3.58. The zero-order valence-electron chi connectivity index (χ0n) is 6.50. The minimum Gasteiger partial charge on any atom is -0.300 e. The molecule has 0 amide bonds. The third-order valence-corrected chi connectivity index (χ3v) is 2.39. The molecule has 0 bridgehead atoms. The molecule has 0 aliphatic heterocycles. The fraction of sp³-hybridized carbons (Fsp3) is 0.833. The van der Waals surface area contributed by atoms with Crippen LogP contribution in [0.2, 0.25) is 0 Å². The molecule has 2 atom stereocenters. The molecule has 6 heteroatoms. The van der Waals surface area contributed by atoms with E-state index in [0.29, 0.717) is 0 Å². The van der Waals surface area contributed by atoms with Crippen LogP contribution in [0, 0.1) is 5.92 Å². The normalized spacial score (nSPS) is 31.1. The monoisotopic (exact) mass is 198 g/mol. The smallest absolute Gasteiger partial charge is 0.300 e. The molecule has 1 aliphatic carbocycles. The maximum Gasteiger partial charge on any atom is 0.552 e. The molecule has 1 rings (SSSR count). The lowest BCUT2D eigenvalue weighted by molar-refractivity contribution is -0.117. The lowest BCUT2D eigenvalue weighted by Gasteiger charge is -2.12. The van der Waals surface area contributed by atoms with Crippen LogP contribution in [-0.4, -0.2) is 11.9 Å². The summed E-state index contributed by atoms with van der Waals surface area (Å²) in [7, 11) is -5.43. The van der Waals surface area contributed by atoms with Gasteiger partial charge in [0.25, 0.3) is 0 Å². The highest BCUT2D eigenvalue weighted by atomic mass is 31.2. The van der Waals surface area contributed by atoms with Gasteiger partial charge in [-0.15, -0.1) is 8.39 Å². The Kier molecular flexibility index (Phi) is 2.64. The Bertz CT molecular complexity index is 237. The van der Waals surface area contributed by atoms with Crippen molar-refractivity contribution in [3.8, 4) is 0 Å². The summed E-state index contributed by atoms with van der Waals surface area (Å²) in [5.41, 5.74) is 0. The first-order valence-corrected chi connectivity index (χ1v) is 4.98. The fourth-order valence-corrected chi connectivity index (χ4v) is 1.90. The molecule has 0 spiro atoms. The maximum atomic E-state index is 11.9. The van der Waals surface area contributed by atoms with Crippen LogP contribution in [0.4, 0.5) is 8.39 Å². The van der Waals surface area contributed by atoms with E-state index in [1.54, 1.807) is 6.92 Å². The van der Waals surface area contributed by atoms with Crippen LogP contribution >= 0.6 is 7.99 Å². The van der Waals surface area contributed by atoms with E-state index >= 15 is 0 Å². The van der Waals surface area contributed by atoms with Crippen molar-refractivity contribution in [3.63, 3.8) is 0 Å². The summed E-state index contributed by atoms with van der Waals surface area (Å²) >= 11 is 0. The van der Waals surface area contributed by atoms with Gasteiger partial charge >= 0.3 is 7.99 Å². The number of Topliss-reactive ketones (excluding diaryl/α,β-unsaturated/α-hetero) is 1. The van der Waals surface area contributed by atoms with Crippen LogP contribution in [0.5, 0.6) is 0 Å². The van der Waals surface area contributed by atoms with Gasteiger partial charge in [0.05, 0.1) is 6.10 Å². The number of hydrogen-bond acceptors (Lipinski definition) is 3. The van der Waals surface area contributed by atoms with Gasteiger partial charge in [-0.1, -0.05) is 6.92 Å². The van der Waals surface area contributed by atoms with Gasteiger partial charge in [-0.3, -0.25) is 9.32 Å². The van der Waals surface area contributed by atoms with E-state index in [1.807, 2.05) is 0 Å². The van der Waals surface area contributed by atoms with Gasteiger partial charge in [0.1, 0.15) is 5.78 Å². The first-order chi connectivity index (χ1) is 5.38. The third-order valence-electron chi connectivity index (χ3n) is 1.87. The van der Waals surface area contributed by atoms with Crippen molar-refractivity contribution in [2.24, 2.45) is 5.92 Å². The van der Waals surface area contributed by atoms with Crippen molar-refractivity contribution in [3.05, 3.63) is 0 Å². The molecular formula is C6H9F2O3P. The van der Waals surface area contributed by atoms with Crippen LogP contribution in [0.15, 0.2) is 0 Å². The van der Waals surface area contributed by atoms with E-state index in [4.69, 9.17) is 0 Å². The standard InChI is InChI=1S/C6H9F2O3P/c1-4-2-5(9)3-6(4)11-12(7,8)10/h4,6H,2-3H2,1H3. The summed E-state index contributed by atoms with van der Waals surface area (Å²) < 4.78 is 37.7. The van der Waals surface area contributed by atoms with Crippen molar-refractivity contribution in [1.29, 1.82) is 0 Å². The molecule has 1 aliphatic rings. The van der Waals surface area contributed by atoms with Crippen molar-refractivity contribution in [2.45, 2.75) is 25.9 Å². The Hall–Kier alpha value is -0.280. The third kappa shape index (κ3) is 2.64. The Morgan fingerprint density at radius 3 is 2.42 bits per heavy atom. The van der Waals surface area contributed by atoms with Gasteiger partial charge in [-0.25, -0.2) is 4.57 Å². The van der Waals surface area contributed by atoms with Crippen molar-refractivity contribution < 1.29 is 22.3 Å². The molecule has 12 heavy (non-hydrogen) atoms. The number of carbonyl (C=O) groups excluding carboxylic acids is 1. The molecule has 0 N–H and O–H groups in total. The number of halogens is 2. The van der Waals surface area contributed by atoms with Crippen molar-refractivity contribution in [1.82, 2.24) is 0 Å². The first kappa shape index (κ1) is 9.81. The Labute approximate surface area is 68.8 Å². The second kappa shape index (κ2) is 3.23. The predicted molar refractivity (Wildman–Crippen MR) is 38.1 cm³/mol. The van der Waals surface area contributed by atoms with E-state index < -0.39 is 14.1 Å². The minimum absolute atomic E-state index is 0.0427. The summed E-state index contributed by atoms with van der Waals surface area (Å²) in [5.74, 6) is -0.363. The van der Waals surface area contributed by atoms with Crippen LogP contribution in [0.3, 0.4) is 0 Å². The number of ketones is 1. The van der Waals surface area contributed by atoms with Crippen molar-refractivity contribution >= 4 is 13.8 Å². The van der Waals surface area contributed by atoms with Gasteiger partial charge in [0, 0.05) is 12.8 Å². The van der Waals surface area contributed by atoms with Crippen LogP contribution in [0.1, 0.15) is 19.8 Å². The number of rotatable bonds is 2. The molecule has 0 heterocycles. The van der Waals surface area contributed by atoms with E-state index in [-0.39, 0.29) is 24.5 Å². The van der Waals surface area contributed by atoms with Crippen LogP contribution in [0.25, 0.3) is 0 Å². The quantitative estimate of drug-likeness (QED) is 0.640. The molecule has 0 radical (unpaired) electrons. The lowest BCUT2D eigenvalue weighted by atomic mass is 10.1. The van der Waals surface area contributed by atoms with Crippen LogP contribution in [-0.2, 0) is 13.9 Å². The average Bonchev–Trinajstić information content (AvgIpc) is 2.06. The maximum absolute atomic E-state index is 11.9. The molecule has 70 valence electrons. The van der Waals surface area contributed by atoms with E-state index in [1.165, 1.54) is 0 Å². The Balaban J connectivity index is 2.54. The van der Waals surface area contributed by atoms with E-state index in [0.717, 1.165) is 0 Å². The average molecular weight is 198 g/mol. The topological polar surface area (TPSA) is 43.4 Å². The molecule has 0 aromatic heterocycles. The minimum atomic E-state index is -5.43. The summed E-state index contributed by atoms with van der Waals surface area (Å²) in [4.78, 5) is 10.7. The highest BCUT2D eigenvalue weighted by molar-refractivity contribution is 7.47. The number of hydrogen-bond donors (Lipinski definition) is 0. The zero-order chi connectivity index (χ0) is 9.35. The summed E-state index contributed by atoms with van der Waals surface area (Å²) in [6.07, 6.45) is -0.665. The van der Waals surface area contributed by atoms with Gasteiger partial charge in [0.15, 0.2) is 0 Å². The second-order valence-electron chi connectivity index (χ2n) is 2.98. The zero-order valence-corrected chi connectivity index (χ0v) is 7.39. The fourth-order valence-electron chi connectivity index (χ4n) is 1.30. The summed E-state index contributed by atoms with van der Waals surface area (Å²) in [6.45, 7) is 1.63. The van der Waals surface area contributed by atoms with Gasteiger partial charge < -0.3 is 0 Å². The molecule has 0 aromatic rings. The highest BCUT2D eigenvalue weighted by Crippen LogP contribution is 2.53. The highest BCUT2D eigenvalue weighted by Gasteiger charge is 2.36. The molecule has 0 aromatic carbocycles. The predicted octanol–water partition coefficient (Wildman–Crippen LogP) is 2.42. The molecule has 3 nitrogen and oxygen atoms in total.